The van der Waals surface area contributed by atoms with Crippen molar-refractivity contribution in [3.8, 4) is 0 Å². The van der Waals surface area contributed by atoms with Gasteiger partial charge < -0.3 is 0 Å². The number of rotatable bonds is 4. The van der Waals surface area contributed by atoms with Crippen LogP contribution in [0.15, 0.2) is 10.1 Å². The fourth-order valence-electron chi connectivity index (χ4n) is 1.50. The standard InChI is InChI=1S/C10H12S2Te/c1(8-4-11-8)7-2-10(13-6-7)3-9-5-12-9/h2,6,8-9H,1,3-5H2. The van der Waals surface area contributed by atoms with Crippen LogP contribution in [0, 0.1) is 0 Å². The Morgan fingerprint density at radius 2 is 1.92 bits per heavy atom. The molecule has 3 rings (SSSR count). The van der Waals surface area contributed by atoms with Crippen LogP contribution in [-0.4, -0.2) is 42.4 Å². The molecular formula is C10H12S2Te. The third kappa shape index (κ3) is 2.72. The molecule has 3 heteroatoms. The molecule has 1 aromatic rings. The third-order valence-corrected chi connectivity index (χ3v) is 7.22. The van der Waals surface area contributed by atoms with Crippen molar-refractivity contribution in [2.75, 3.05) is 11.5 Å². The van der Waals surface area contributed by atoms with Crippen molar-refractivity contribution < 1.29 is 0 Å². The van der Waals surface area contributed by atoms with Crippen molar-refractivity contribution in [2.24, 2.45) is 0 Å². The summed E-state index contributed by atoms with van der Waals surface area (Å²) >= 11 is 4.40. The molecule has 3 heterocycles. The summed E-state index contributed by atoms with van der Waals surface area (Å²) in [5, 5.41) is 2.00. The van der Waals surface area contributed by atoms with E-state index in [4.69, 9.17) is 0 Å². The van der Waals surface area contributed by atoms with Gasteiger partial charge in [-0.3, -0.25) is 0 Å². The molecule has 2 aliphatic heterocycles. The summed E-state index contributed by atoms with van der Waals surface area (Å²) < 4.78 is 4.40. The second-order valence-electron chi connectivity index (χ2n) is 3.74. The first-order valence-electron chi connectivity index (χ1n) is 4.69. The van der Waals surface area contributed by atoms with Crippen molar-refractivity contribution in [3.63, 3.8) is 0 Å². The van der Waals surface area contributed by atoms with E-state index in [-0.39, 0.29) is 20.4 Å². The Kier molecular flexibility index (Phi) is 2.73. The first-order chi connectivity index (χ1) is 6.40. The Bertz CT molecular complexity index is 271. The van der Waals surface area contributed by atoms with E-state index in [9.17, 15) is 0 Å². The van der Waals surface area contributed by atoms with E-state index < -0.39 is 0 Å². The van der Waals surface area contributed by atoms with Gasteiger partial charge in [0.2, 0.25) is 0 Å². The van der Waals surface area contributed by atoms with Gasteiger partial charge in [-0.15, -0.1) is 0 Å². The quantitative estimate of drug-likeness (QED) is 0.614. The fourth-order valence-corrected chi connectivity index (χ4v) is 5.75. The first kappa shape index (κ1) is 9.21. The molecule has 0 nitrogen and oxygen atoms in total. The maximum atomic E-state index is 2.58. The van der Waals surface area contributed by atoms with E-state index in [0.29, 0.717) is 0 Å². The molecule has 2 atom stereocenters. The van der Waals surface area contributed by atoms with Gasteiger partial charge in [0, 0.05) is 0 Å². The van der Waals surface area contributed by atoms with Crippen LogP contribution in [0.1, 0.15) is 9.14 Å². The Morgan fingerprint density at radius 1 is 1.23 bits per heavy atom. The molecule has 0 saturated carbocycles. The minimum atomic E-state index is 0.144. The van der Waals surface area contributed by atoms with Crippen molar-refractivity contribution in [2.45, 2.75) is 23.3 Å². The molecule has 2 unspecified atom stereocenters. The molecule has 0 radical (unpaired) electrons. The van der Waals surface area contributed by atoms with Crippen molar-refractivity contribution in [1.29, 1.82) is 0 Å². The Labute approximate surface area is 97.5 Å². The maximum absolute atomic E-state index is 2.58. The Hall–Kier alpha value is 0.970. The zero-order valence-electron chi connectivity index (χ0n) is 7.36. The molecule has 1 aromatic heterocycles. The zero-order chi connectivity index (χ0) is 8.67. The van der Waals surface area contributed by atoms with Crippen LogP contribution in [0.3, 0.4) is 0 Å². The molecule has 0 aliphatic carbocycles. The van der Waals surface area contributed by atoms with Crippen LogP contribution < -0.4 is 0 Å². The molecule has 2 saturated heterocycles. The summed E-state index contributed by atoms with van der Waals surface area (Å²) in [5.74, 6) is 2.84. The Morgan fingerprint density at radius 3 is 2.62 bits per heavy atom. The summed E-state index contributed by atoms with van der Waals surface area (Å²) in [4.78, 5) is 0. The van der Waals surface area contributed by atoms with Crippen LogP contribution in [0.4, 0.5) is 0 Å². The van der Waals surface area contributed by atoms with Gasteiger partial charge in [0.05, 0.1) is 0 Å². The third-order valence-electron chi connectivity index (χ3n) is 2.41. The van der Waals surface area contributed by atoms with Gasteiger partial charge >= 0.3 is 98.1 Å². The number of thioether (sulfide) groups is 2. The normalized spacial score (nSPS) is 30.5. The van der Waals surface area contributed by atoms with Gasteiger partial charge in [-0.25, -0.2) is 0 Å². The number of hydrogen-bond donors (Lipinski definition) is 0. The van der Waals surface area contributed by atoms with Gasteiger partial charge in [0.1, 0.15) is 0 Å². The average molecular weight is 324 g/mol. The van der Waals surface area contributed by atoms with E-state index in [1.165, 1.54) is 24.3 Å². The fraction of sp³-hybridized carbons (Fsp3) is 0.600. The van der Waals surface area contributed by atoms with Crippen LogP contribution in [-0.2, 0) is 12.8 Å². The molecule has 0 spiro atoms. The van der Waals surface area contributed by atoms with E-state index in [1.54, 1.807) is 5.56 Å². The minimum absolute atomic E-state index is 0.144. The molecule has 2 aliphatic rings. The van der Waals surface area contributed by atoms with Crippen molar-refractivity contribution >= 4 is 44.0 Å². The molecular weight excluding hydrogens is 312 g/mol. The molecule has 2 fully saturated rings. The topological polar surface area (TPSA) is 0 Å². The monoisotopic (exact) mass is 326 g/mol. The predicted octanol–water partition coefficient (Wildman–Crippen LogP) is 2.06. The molecule has 0 amide bonds. The van der Waals surface area contributed by atoms with Gasteiger partial charge in [-0.05, 0) is 0 Å². The van der Waals surface area contributed by atoms with Crippen LogP contribution >= 0.6 is 23.5 Å². The van der Waals surface area contributed by atoms with Crippen LogP contribution in [0.25, 0.3) is 0 Å². The second-order valence-corrected chi connectivity index (χ2v) is 9.25. The van der Waals surface area contributed by atoms with Gasteiger partial charge in [0.15, 0.2) is 0 Å². The molecule has 0 bridgehead atoms. The van der Waals surface area contributed by atoms with Gasteiger partial charge in [0.25, 0.3) is 0 Å². The summed E-state index contributed by atoms with van der Waals surface area (Å²) in [7, 11) is 0. The molecule has 0 N–H and O–H groups in total. The summed E-state index contributed by atoms with van der Waals surface area (Å²) in [6.45, 7) is 0. The summed E-state index contributed by atoms with van der Waals surface area (Å²) in [6, 6.07) is 2.53. The Balaban J connectivity index is 1.62. The van der Waals surface area contributed by atoms with Crippen LogP contribution in [0.2, 0.25) is 0 Å². The van der Waals surface area contributed by atoms with Gasteiger partial charge in [-0.1, -0.05) is 0 Å². The van der Waals surface area contributed by atoms with E-state index >= 15 is 0 Å². The molecule has 0 aromatic carbocycles. The van der Waals surface area contributed by atoms with E-state index in [1.807, 2.05) is 3.58 Å². The SMILES string of the molecule is c1[te]c(CC2CS2)cc1CC1CS1. The van der Waals surface area contributed by atoms with Crippen molar-refractivity contribution in [3.05, 3.63) is 19.3 Å². The molecule has 70 valence electrons. The summed E-state index contributed by atoms with van der Waals surface area (Å²) in [5.41, 5.74) is 1.68. The van der Waals surface area contributed by atoms with Crippen LogP contribution in [0.5, 0.6) is 0 Å². The second kappa shape index (κ2) is 3.85. The van der Waals surface area contributed by atoms with E-state index in [2.05, 4.69) is 33.7 Å². The zero-order valence-corrected chi connectivity index (χ0v) is 11.3. The van der Waals surface area contributed by atoms with Crippen molar-refractivity contribution in [1.82, 2.24) is 0 Å². The predicted molar refractivity (Wildman–Crippen MR) is 63.3 cm³/mol. The first-order valence-corrected chi connectivity index (χ1v) is 9.30. The summed E-state index contributed by atoms with van der Waals surface area (Å²) in [6.07, 6.45) is 2.79. The average Bonchev–Trinajstić information content (AvgIpc) is 2.96. The van der Waals surface area contributed by atoms with Gasteiger partial charge in [-0.2, -0.15) is 0 Å². The number of hydrogen-bond acceptors (Lipinski definition) is 2. The molecule has 13 heavy (non-hydrogen) atoms. The van der Waals surface area contributed by atoms with E-state index in [0.717, 1.165) is 10.5 Å².